The predicted molar refractivity (Wildman–Crippen MR) is 41.9 cm³/mol. The van der Waals surface area contributed by atoms with Gasteiger partial charge in [-0.15, -0.1) is 0 Å². The van der Waals surface area contributed by atoms with E-state index in [0.717, 1.165) is 0 Å². The Morgan fingerprint density at radius 1 is 0.556 bits per heavy atom. The summed E-state index contributed by atoms with van der Waals surface area (Å²) in [5.41, 5.74) is 0. The molecule has 0 aromatic rings. The van der Waals surface area contributed by atoms with Gasteiger partial charge in [0.2, 0.25) is 0 Å². The summed E-state index contributed by atoms with van der Waals surface area (Å²) in [5.74, 6) is 2.83. The zero-order valence-corrected chi connectivity index (χ0v) is 9.24. The average Bonchev–Trinajstić information content (AvgIpc) is 1.25. The fraction of sp³-hybridized carbons (Fsp3) is 0.750. The molecule has 0 atom stereocenters. The van der Waals surface area contributed by atoms with Gasteiger partial charge in [-0.2, -0.15) is 41.5 Å². The van der Waals surface area contributed by atoms with Crippen molar-refractivity contribution in [3.63, 3.8) is 0 Å². The zero-order valence-electron chi connectivity index (χ0n) is 7.38. The fourth-order valence-electron chi connectivity index (χ4n) is 0. The summed E-state index contributed by atoms with van der Waals surface area (Å²) in [6.45, 7) is 12.5. The monoisotopic (exact) mass is 217 g/mol. The Morgan fingerprint density at radius 3 is 0.556 bits per heavy atom. The van der Waals surface area contributed by atoms with Crippen LogP contribution < -0.4 is 0 Å². The Hall–Kier alpha value is 0.623. The molecule has 0 saturated heterocycles. The first-order valence-corrected chi connectivity index (χ1v) is 3.00. The first-order valence-electron chi connectivity index (χ1n) is 3.00. The van der Waals surface area contributed by atoms with Crippen molar-refractivity contribution in [1.82, 2.24) is 0 Å². The minimum atomic E-state index is 0. The molecule has 0 N–H and O–H groups in total. The van der Waals surface area contributed by atoms with Crippen LogP contribution in [-0.4, -0.2) is 0 Å². The van der Waals surface area contributed by atoms with E-state index in [1.165, 1.54) is 11.8 Å². The third-order valence-corrected chi connectivity index (χ3v) is 0. The van der Waals surface area contributed by atoms with Gasteiger partial charge in [-0.3, -0.25) is 0 Å². The molecule has 0 aromatic carbocycles. The summed E-state index contributed by atoms with van der Waals surface area (Å²) >= 11 is 0. The number of hydrogen-bond donors (Lipinski definition) is 0. The summed E-state index contributed by atoms with van der Waals surface area (Å²) < 4.78 is 0. The predicted octanol–water partition coefficient (Wildman–Crippen LogP) is 2.97. The van der Waals surface area contributed by atoms with Crippen molar-refractivity contribution >= 4 is 0 Å². The van der Waals surface area contributed by atoms with Crippen LogP contribution in [0, 0.1) is 11.8 Å². The first-order chi connectivity index (χ1) is 3.46. The van der Waals surface area contributed by atoms with E-state index in [9.17, 15) is 0 Å². The van der Waals surface area contributed by atoms with Crippen LogP contribution in [0.4, 0.5) is 0 Å². The van der Waals surface area contributed by atoms with Crippen molar-refractivity contribution in [3.05, 3.63) is 11.8 Å². The molecule has 0 saturated carbocycles. The zero-order chi connectivity index (χ0) is 7.15. The van der Waals surface area contributed by atoms with Crippen LogP contribution in [0.15, 0.2) is 0 Å². The van der Waals surface area contributed by atoms with E-state index in [1.54, 1.807) is 0 Å². The summed E-state index contributed by atoms with van der Waals surface area (Å²) in [6.07, 6.45) is 0. The molecule has 0 amide bonds. The van der Waals surface area contributed by atoms with Crippen LogP contribution in [0.25, 0.3) is 0 Å². The second-order valence-corrected chi connectivity index (χ2v) is 3.00. The van der Waals surface area contributed by atoms with E-state index in [-0.39, 0.29) is 19.5 Å². The molecule has 0 spiro atoms. The van der Waals surface area contributed by atoms with Crippen LogP contribution in [-0.2, 0) is 19.5 Å². The maximum atomic E-state index is 2.08. The third kappa shape index (κ3) is 973. The Balaban J connectivity index is -0.0000000720. The molecule has 59 valence electrons. The third-order valence-electron chi connectivity index (χ3n) is 0. The molecule has 1 heteroatoms. The Kier molecular flexibility index (Phi) is 20.7. The molecule has 0 heterocycles. The maximum absolute atomic E-state index is 2.08. The second kappa shape index (κ2) is 11.4. The average molecular weight is 216 g/mol. The van der Waals surface area contributed by atoms with Gasteiger partial charge < -0.3 is 11.8 Å². The van der Waals surface area contributed by atoms with Crippen molar-refractivity contribution in [3.8, 4) is 0 Å². The normalized spacial score (nSPS) is 8.00. The van der Waals surface area contributed by atoms with Gasteiger partial charge in [-0.25, -0.2) is 0 Å². The molecule has 0 radical (unpaired) electrons. The van der Waals surface area contributed by atoms with Crippen molar-refractivity contribution in [2.24, 2.45) is 0 Å². The molecule has 0 fully saturated rings. The molecule has 9 heavy (non-hydrogen) atoms. The Morgan fingerprint density at radius 2 is 0.556 bits per heavy atom. The second-order valence-electron chi connectivity index (χ2n) is 3.00. The van der Waals surface area contributed by atoms with Gasteiger partial charge in [-0.05, 0) is 0 Å². The van der Waals surface area contributed by atoms with Crippen LogP contribution in [0.5, 0.6) is 0 Å². The molecule has 0 unspecified atom stereocenters. The van der Waals surface area contributed by atoms with Crippen LogP contribution in [0.3, 0.4) is 0 Å². The first kappa shape index (κ1) is 16.3. The Bertz CT molecular complexity index is 20.0. The quantitative estimate of drug-likeness (QED) is 0.431. The molecule has 0 aliphatic carbocycles. The molecule has 0 aliphatic rings. The molecular weight excluding hydrogens is 197 g/mol. The molecule has 0 nitrogen and oxygen atoms in total. The standard InChI is InChI=1S/2C4H9.Ru.H/c2*1-4(2)3;;/h2*1-3H3;;/q2*-1;+2;. The molecular formula is C8H19Ru. The van der Waals surface area contributed by atoms with Gasteiger partial charge in [0.1, 0.15) is 0 Å². The summed E-state index contributed by atoms with van der Waals surface area (Å²) in [5, 5.41) is 0. The van der Waals surface area contributed by atoms with Crippen LogP contribution in [0.2, 0.25) is 0 Å². The van der Waals surface area contributed by atoms with E-state index in [0.29, 0.717) is 0 Å². The van der Waals surface area contributed by atoms with Gasteiger partial charge in [0.15, 0.2) is 0 Å². The van der Waals surface area contributed by atoms with E-state index in [4.69, 9.17) is 0 Å². The molecule has 0 bridgehead atoms. The molecule has 0 aliphatic heterocycles. The van der Waals surface area contributed by atoms with E-state index in [2.05, 4.69) is 41.5 Å². The summed E-state index contributed by atoms with van der Waals surface area (Å²) in [7, 11) is 0. The van der Waals surface area contributed by atoms with Crippen molar-refractivity contribution in [2.75, 3.05) is 0 Å². The van der Waals surface area contributed by atoms with Gasteiger partial charge >= 0.3 is 19.5 Å². The van der Waals surface area contributed by atoms with Gasteiger partial charge in [0.25, 0.3) is 0 Å². The van der Waals surface area contributed by atoms with Crippen molar-refractivity contribution < 1.29 is 19.5 Å². The SMILES string of the molecule is C[C-](C)C.C[C-](C)C.[RuH+2]. The van der Waals surface area contributed by atoms with Gasteiger partial charge in [0, 0.05) is 0 Å². The minimum absolute atomic E-state index is 0. The van der Waals surface area contributed by atoms with Crippen LogP contribution >= 0.6 is 0 Å². The van der Waals surface area contributed by atoms with Crippen LogP contribution in [0.1, 0.15) is 41.5 Å². The number of rotatable bonds is 0. The summed E-state index contributed by atoms with van der Waals surface area (Å²) in [4.78, 5) is 0. The van der Waals surface area contributed by atoms with Crippen molar-refractivity contribution in [2.45, 2.75) is 41.5 Å². The summed E-state index contributed by atoms with van der Waals surface area (Å²) in [6, 6.07) is 0. The van der Waals surface area contributed by atoms with E-state index < -0.39 is 0 Å². The van der Waals surface area contributed by atoms with Crippen molar-refractivity contribution in [1.29, 1.82) is 0 Å². The van der Waals surface area contributed by atoms with Gasteiger partial charge in [0.05, 0.1) is 0 Å². The topological polar surface area (TPSA) is 0 Å². The molecule has 0 aromatic heterocycles. The fourth-order valence-corrected chi connectivity index (χ4v) is 0. The van der Waals surface area contributed by atoms with E-state index >= 15 is 0 Å². The number of hydrogen-bond acceptors (Lipinski definition) is 0. The van der Waals surface area contributed by atoms with Gasteiger partial charge in [-0.1, -0.05) is 0 Å². The Labute approximate surface area is 73.2 Å². The van der Waals surface area contributed by atoms with E-state index in [1.807, 2.05) is 0 Å². The molecule has 0 rings (SSSR count).